The van der Waals surface area contributed by atoms with Crippen LogP contribution in [0.2, 0.25) is 0 Å². The zero-order valence-electron chi connectivity index (χ0n) is 27.5. The van der Waals surface area contributed by atoms with E-state index in [0.717, 1.165) is 60.5 Å². The summed E-state index contributed by atoms with van der Waals surface area (Å²) in [7, 11) is 0. The molecule has 0 N–H and O–H groups in total. The van der Waals surface area contributed by atoms with Gasteiger partial charge in [0.05, 0.1) is 0 Å². The van der Waals surface area contributed by atoms with Crippen LogP contribution in [0.1, 0.15) is 0 Å². The van der Waals surface area contributed by atoms with Gasteiger partial charge in [-0.15, -0.1) is 0 Å². The van der Waals surface area contributed by atoms with Gasteiger partial charge in [-0.25, -0.2) is 15.0 Å². The quantitative estimate of drug-likeness (QED) is 0.186. The van der Waals surface area contributed by atoms with E-state index >= 15 is 0 Å². The Labute approximate surface area is 294 Å². The van der Waals surface area contributed by atoms with Crippen molar-refractivity contribution < 1.29 is 4.42 Å². The predicted octanol–water partition coefficient (Wildman–Crippen LogP) is 12.4. The number of benzene rings is 8. The van der Waals surface area contributed by atoms with Crippen LogP contribution in [0, 0.1) is 0 Å². The maximum absolute atomic E-state index is 6.67. The smallest absolute Gasteiger partial charge is 0.164 e. The minimum atomic E-state index is 0.599. The van der Waals surface area contributed by atoms with E-state index < -0.39 is 0 Å². The van der Waals surface area contributed by atoms with Crippen molar-refractivity contribution in [3.63, 3.8) is 0 Å². The lowest BCUT2D eigenvalue weighted by molar-refractivity contribution is 0.670. The number of nitrogens with zero attached hydrogens (tertiary/aromatic N) is 3. The Morgan fingerprint density at radius 2 is 0.843 bits per heavy atom. The Morgan fingerprint density at radius 1 is 0.333 bits per heavy atom. The highest BCUT2D eigenvalue weighted by molar-refractivity contribution is 6.15. The second kappa shape index (κ2) is 11.9. The molecule has 51 heavy (non-hydrogen) atoms. The molecule has 0 bridgehead atoms. The number of hydrogen-bond acceptors (Lipinski definition) is 4. The van der Waals surface area contributed by atoms with E-state index in [1.807, 2.05) is 18.2 Å². The van der Waals surface area contributed by atoms with Gasteiger partial charge in [-0.2, -0.15) is 0 Å². The molecule has 0 saturated heterocycles. The van der Waals surface area contributed by atoms with Crippen molar-refractivity contribution in [3.05, 3.63) is 176 Å². The second-order valence-corrected chi connectivity index (χ2v) is 12.8. The number of furan rings is 1. The number of aromatic nitrogens is 3. The molecule has 2 aromatic heterocycles. The molecule has 10 aromatic rings. The first kappa shape index (κ1) is 29.0. The van der Waals surface area contributed by atoms with E-state index in [1.165, 1.54) is 21.9 Å². The van der Waals surface area contributed by atoms with E-state index in [1.54, 1.807) is 0 Å². The zero-order chi connectivity index (χ0) is 33.7. The molecule has 0 amide bonds. The third kappa shape index (κ3) is 5.13. The van der Waals surface area contributed by atoms with Crippen LogP contribution in [0.3, 0.4) is 0 Å². The summed E-state index contributed by atoms with van der Waals surface area (Å²) in [5, 5.41) is 6.62. The van der Waals surface area contributed by atoms with Crippen LogP contribution in [0.15, 0.2) is 180 Å². The van der Waals surface area contributed by atoms with Gasteiger partial charge in [-0.3, -0.25) is 0 Å². The van der Waals surface area contributed by atoms with Crippen molar-refractivity contribution >= 4 is 43.5 Å². The number of fused-ring (bicyclic) bond motifs is 5. The summed E-state index contributed by atoms with van der Waals surface area (Å²) in [6.45, 7) is 0. The molecule has 0 aliphatic heterocycles. The van der Waals surface area contributed by atoms with Crippen molar-refractivity contribution in [3.8, 4) is 56.4 Å². The van der Waals surface area contributed by atoms with Gasteiger partial charge in [0.1, 0.15) is 11.2 Å². The van der Waals surface area contributed by atoms with E-state index in [0.29, 0.717) is 17.5 Å². The van der Waals surface area contributed by atoms with Gasteiger partial charge in [0.25, 0.3) is 0 Å². The van der Waals surface area contributed by atoms with E-state index in [9.17, 15) is 0 Å². The highest BCUT2D eigenvalue weighted by Crippen LogP contribution is 2.41. The average Bonchev–Trinajstić information content (AvgIpc) is 3.60. The van der Waals surface area contributed by atoms with Crippen molar-refractivity contribution in [2.45, 2.75) is 0 Å². The first-order chi connectivity index (χ1) is 25.2. The van der Waals surface area contributed by atoms with Gasteiger partial charge in [-0.1, -0.05) is 158 Å². The lowest BCUT2D eigenvalue weighted by atomic mass is 9.98. The normalized spacial score (nSPS) is 11.5. The van der Waals surface area contributed by atoms with Crippen molar-refractivity contribution in [2.75, 3.05) is 0 Å². The van der Waals surface area contributed by atoms with E-state index in [-0.39, 0.29) is 0 Å². The molecule has 2 heterocycles. The maximum Gasteiger partial charge on any atom is 0.164 e. The summed E-state index contributed by atoms with van der Waals surface area (Å²) in [6, 6.07) is 61.1. The van der Waals surface area contributed by atoms with Crippen molar-refractivity contribution in [1.29, 1.82) is 0 Å². The molecule has 8 aromatic carbocycles. The predicted molar refractivity (Wildman–Crippen MR) is 209 cm³/mol. The van der Waals surface area contributed by atoms with Crippen LogP contribution in [-0.2, 0) is 0 Å². The zero-order valence-corrected chi connectivity index (χ0v) is 27.5. The average molecular weight is 652 g/mol. The van der Waals surface area contributed by atoms with Gasteiger partial charge < -0.3 is 4.42 Å². The lowest BCUT2D eigenvalue weighted by Crippen LogP contribution is -2.00. The molecule has 0 spiro atoms. The fourth-order valence-corrected chi connectivity index (χ4v) is 7.15. The second-order valence-electron chi connectivity index (χ2n) is 12.8. The van der Waals surface area contributed by atoms with Gasteiger partial charge in [-0.05, 0) is 56.4 Å². The molecule has 0 saturated carbocycles. The Bertz CT molecular complexity index is 2810. The Balaban J connectivity index is 1.16. The summed E-state index contributed by atoms with van der Waals surface area (Å²) in [4.78, 5) is 15.4. The van der Waals surface area contributed by atoms with E-state index in [4.69, 9.17) is 19.4 Å². The fraction of sp³-hybridized carbons (Fsp3) is 0. The minimum absolute atomic E-state index is 0.599. The first-order valence-electron chi connectivity index (χ1n) is 17.1. The molecule has 0 radical (unpaired) electrons. The van der Waals surface area contributed by atoms with Crippen LogP contribution in [0.5, 0.6) is 0 Å². The maximum atomic E-state index is 6.67. The molecule has 4 heteroatoms. The molecular weight excluding hydrogens is 623 g/mol. The summed E-state index contributed by atoms with van der Waals surface area (Å²) >= 11 is 0. The van der Waals surface area contributed by atoms with Gasteiger partial charge in [0.15, 0.2) is 17.5 Å². The van der Waals surface area contributed by atoms with E-state index in [2.05, 4.69) is 158 Å². The summed E-state index contributed by atoms with van der Waals surface area (Å²) in [5.41, 5.74) is 8.90. The molecule has 10 rings (SSSR count). The van der Waals surface area contributed by atoms with Gasteiger partial charge in [0, 0.05) is 33.0 Å². The van der Waals surface area contributed by atoms with Gasteiger partial charge in [0.2, 0.25) is 0 Å². The molecule has 238 valence electrons. The molecular formula is C47H29N3O. The third-order valence-electron chi connectivity index (χ3n) is 9.72. The van der Waals surface area contributed by atoms with Gasteiger partial charge >= 0.3 is 0 Å². The number of rotatable bonds is 5. The first-order valence-corrected chi connectivity index (χ1v) is 17.1. The van der Waals surface area contributed by atoms with Crippen LogP contribution < -0.4 is 0 Å². The van der Waals surface area contributed by atoms with Crippen LogP contribution >= 0.6 is 0 Å². The Morgan fingerprint density at radius 3 is 1.51 bits per heavy atom. The SMILES string of the molecule is c1ccc(-c2ccc(-c3cccc4c3oc3cccc(-c5nc(-c6ccc7ccccc7c6)nc(-c6ccc7ccccc7c6)n5)c34)cc2)cc1. The molecule has 0 aliphatic carbocycles. The highest BCUT2D eigenvalue weighted by Gasteiger charge is 2.20. The molecule has 0 aliphatic rings. The monoisotopic (exact) mass is 651 g/mol. The summed E-state index contributed by atoms with van der Waals surface area (Å²) in [5.74, 6) is 1.85. The number of para-hydroxylation sites is 1. The third-order valence-corrected chi connectivity index (χ3v) is 9.72. The van der Waals surface area contributed by atoms with Crippen molar-refractivity contribution in [1.82, 2.24) is 15.0 Å². The summed E-state index contributed by atoms with van der Waals surface area (Å²) < 4.78 is 6.67. The molecule has 0 unspecified atom stereocenters. The standard InChI is InChI=1S/C47H29N3O/c1-2-10-30(11-3-1)33-20-24-34(25-21-33)39-16-8-17-40-43-41(18-9-19-42(43)51-44(39)40)47-49-45(37-26-22-31-12-4-6-14-35(31)28-37)48-46(50-47)38-27-23-32-13-5-7-15-36(32)29-38/h1-29H. The van der Waals surface area contributed by atoms with Crippen LogP contribution in [0.4, 0.5) is 0 Å². The Kier molecular flexibility index (Phi) is 6.78. The molecule has 0 fully saturated rings. The Hall–Kier alpha value is -6.91. The molecule has 4 nitrogen and oxygen atoms in total. The summed E-state index contributed by atoms with van der Waals surface area (Å²) in [6.07, 6.45) is 0. The number of hydrogen-bond donors (Lipinski definition) is 0. The minimum Gasteiger partial charge on any atom is -0.455 e. The van der Waals surface area contributed by atoms with Crippen LogP contribution in [0.25, 0.3) is 99.9 Å². The highest BCUT2D eigenvalue weighted by atomic mass is 16.3. The lowest BCUT2D eigenvalue weighted by Gasteiger charge is -2.10. The largest absolute Gasteiger partial charge is 0.455 e. The molecule has 0 atom stereocenters. The topological polar surface area (TPSA) is 51.8 Å². The van der Waals surface area contributed by atoms with Crippen LogP contribution in [-0.4, -0.2) is 15.0 Å². The van der Waals surface area contributed by atoms with Crippen molar-refractivity contribution in [2.24, 2.45) is 0 Å². The fourth-order valence-electron chi connectivity index (χ4n) is 7.15.